The topological polar surface area (TPSA) is 84.2 Å². The third kappa shape index (κ3) is 5.81. The molecule has 1 aromatic carbocycles. The normalized spacial score (nSPS) is 12.6. The van der Waals surface area contributed by atoms with Crippen LogP contribution in [-0.2, 0) is 4.79 Å². The first kappa shape index (κ1) is 18.1. The SMILES string of the molecule is CC(C)(C)[C@H](N)C(=O)NCCCNC(=O)c1cccc(F)c1. The standard InChI is InChI=1S/C16H24FN3O2/c1-16(2,3)13(18)15(22)20-9-5-8-19-14(21)11-6-4-7-12(17)10-11/h4,6-7,10,13H,5,8-9,18H2,1-3H3,(H,19,21)(H,20,22)/t13-/m1/s1. The number of hydrogen-bond donors (Lipinski definition) is 3. The number of nitrogens with two attached hydrogens (primary N) is 1. The molecule has 4 N–H and O–H groups in total. The molecule has 0 radical (unpaired) electrons. The zero-order valence-electron chi connectivity index (χ0n) is 13.3. The van der Waals surface area contributed by atoms with Gasteiger partial charge in [0.05, 0.1) is 6.04 Å². The van der Waals surface area contributed by atoms with Crippen LogP contribution in [0.5, 0.6) is 0 Å². The Hall–Kier alpha value is -1.95. The van der Waals surface area contributed by atoms with Gasteiger partial charge in [-0.1, -0.05) is 26.8 Å². The summed E-state index contributed by atoms with van der Waals surface area (Å²) in [6.45, 7) is 6.51. The molecule has 0 spiro atoms. The van der Waals surface area contributed by atoms with Gasteiger partial charge in [0.25, 0.3) is 5.91 Å². The minimum atomic E-state index is -0.575. The highest BCUT2D eigenvalue weighted by atomic mass is 19.1. The molecule has 122 valence electrons. The highest BCUT2D eigenvalue weighted by Crippen LogP contribution is 2.16. The fourth-order valence-corrected chi connectivity index (χ4v) is 1.74. The van der Waals surface area contributed by atoms with E-state index in [4.69, 9.17) is 5.73 Å². The van der Waals surface area contributed by atoms with Gasteiger partial charge in [-0.05, 0) is 30.0 Å². The highest BCUT2D eigenvalue weighted by molar-refractivity contribution is 5.94. The predicted molar refractivity (Wildman–Crippen MR) is 83.8 cm³/mol. The Bertz CT molecular complexity index is 526. The van der Waals surface area contributed by atoms with Crippen molar-refractivity contribution in [2.24, 2.45) is 11.1 Å². The van der Waals surface area contributed by atoms with E-state index in [2.05, 4.69) is 10.6 Å². The van der Waals surface area contributed by atoms with Gasteiger partial charge in [-0.15, -0.1) is 0 Å². The molecule has 0 aliphatic carbocycles. The van der Waals surface area contributed by atoms with Crippen LogP contribution < -0.4 is 16.4 Å². The molecule has 0 unspecified atom stereocenters. The van der Waals surface area contributed by atoms with Crippen molar-refractivity contribution in [3.63, 3.8) is 0 Å². The predicted octanol–water partition coefficient (Wildman–Crippen LogP) is 1.44. The summed E-state index contributed by atoms with van der Waals surface area (Å²) in [6, 6.07) is 4.92. The summed E-state index contributed by atoms with van der Waals surface area (Å²) in [6.07, 6.45) is 0.573. The number of carbonyl (C=O) groups excluding carboxylic acids is 2. The van der Waals surface area contributed by atoms with Crippen LogP contribution in [0, 0.1) is 11.2 Å². The van der Waals surface area contributed by atoms with Gasteiger partial charge in [-0.2, -0.15) is 0 Å². The lowest BCUT2D eigenvalue weighted by Crippen LogP contribution is -2.49. The molecular weight excluding hydrogens is 285 g/mol. The van der Waals surface area contributed by atoms with Crippen LogP contribution in [0.2, 0.25) is 0 Å². The number of rotatable bonds is 6. The lowest BCUT2D eigenvalue weighted by molar-refractivity contribution is -0.124. The second-order valence-electron chi connectivity index (χ2n) is 6.25. The van der Waals surface area contributed by atoms with Crippen molar-refractivity contribution in [3.05, 3.63) is 35.6 Å². The molecule has 1 rings (SSSR count). The van der Waals surface area contributed by atoms with Crippen molar-refractivity contribution < 1.29 is 14.0 Å². The Balaban J connectivity index is 2.26. The molecule has 0 saturated heterocycles. The molecule has 0 aromatic heterocycles. The quantitative estimate of drug-likeness (QED) is 0.695. The van der Waals surface area contributed by atoms with E-state index in [1.807, 2.05) is 20.8 Å². The van der Waals surface area contributed by atoms with Crippen LogP contribution in [0.3, 0.4) is 0 Å². The highest BCUT2D eigenvalue weighted by Gasteiger charge is 2.26. The van der Waals surface area contributed by atoms with E-state index < -0.39 is 11.9 Å². The van der Waals surface area contributed by atoms with Gasteiger partial charge in [0, 0.05) is 18.7 Å². The van der Waals surface area contributed by atoms with Crippen LogP contribution in [-0.4, -0.2) is 30.9 Å². The number of halogens is 1. The molecule has 5 nitrogen and oxygen atoms in total. The van der Waals surface area contributed by atoms with Crippen molar-refractivity contribution in [2.75, 3.05) is 13.1 Å². The smallest absolute Gasteiger partial charge is 0.251 e. The summed E-state index contributed by atoms with van der Waals surface area (Å²) in [4.78, 5) is 23.5. The minimum Gasteiger partial charge on any atom is -0.355 e. The Labute approximate surface area is 130 Å². The molecule has 22 heavy (non-hydrogen) atoms. The fraction of sp³-hybridized carbons (Fsp3) is 0.500. The molecule has 1 aromatic rings. The third-order valence-electron chi connectivity index (χ3n) is 3.24. The monoisotopic (exact) mass is 309 g/mol. The lowest BCUT2D eigenvalue weighted by atomic mass is 9.87. The van der Waals surface area contributed by atoms with Gasteiger partial charge in [0.1, 0.15) is 5.82 Å². The molecule has 0 aliphatic heterocycles. The van der Waals surface area contributed by atoms with E-state index in [0.29, 0.717) is 19.5 Å². The third-order valence-corrected chi connectivity index (χ3v) is 3.24. The molecule has 6 heteroatoms. The van der Waals surface area contributed by atoms with Crippen LogP contribution in [0.4, 0.5) is 4.39 Å². The lowest BCUT2D eigenvalue weighted by Gasteiger charge is -2.25. The zero-order valence-corrected chi connectivity index (χ0v) is 13.3. The number of carbonyl (C=O) groups is 2. The van der Waals surface area contributed by atoms with E-state index >= 15 is 0 Å². The van der Waals surface area contributed by atoms with Gasteiger partial charge >= 0.3 is 0 Å². The molecule has 2 amide bonds. The van der Waals surface area contributed by atoms with Gasteiger partial charge in [0.15, 0.2) is 0 Å². The first-order valence-corrected chi connectivity index (χ1v) is 7.29. The van der Waals surface area contributed by atoms with E-state index in [0.717, 1.165) is 0 Å². The van der Waals surface area contributed by atoms with Crippen LogP contribution in [0.15, 0.2) is 24.3 Å². The van der Waals surface area contributed by atoms with Crippen molar-refractivity contribution in [2.45, 2.75) is 33.2 Å². The van der Waals surface area contributed by atoms with Crippen molar-refractivity contribution in [1.82, 2.24) is 10.6 Å². The van der Waals surface area contributed by atoms with Gasteiger partial charge in [-0.25, -0.2) is 4.39 Å². The molecule has 0 heterocycles. The maximum Gasteiger partial charge on any atom is 0.251 e. The average molecular weight is 309 g/mol. The molecule has 0 fully saturated rings. The van der Waals surface area contributed by atoms with Crippen LogP contribution in [0.25, 0.3) is 0 Å². The summed E-state index contributed by atoms with van der Waals surface area (Å²) in [5.41, 5.74) is 5.81. The molecule has 0 bridgehead atoms. The fourth-order valence-electron chi connectivity index (χ4n) is 1.74. The van der Waals surface area contributed by atoms with E-state index in [1.54, 1.807) is 6.07 Å². The first-order chi connectivity index (χ1) is 10.2. The average Bonchev–Trinajstić information content (AvgIpc) is 2.44. The number of nitrogens with one attached hydrogen (secondary N) is 2. The van der Waals surface area contributed by atoms with E-state index in [1.165, 1.54) is 18.2 Å². The van der Waals surface area contributed by atoms with Crippen LogP contribution in [0.1, 0.15) is 37.6 Å². The van der Waals surface area contributed by atoms with Crippen molar-refractivity contribution >= 4 is 11.8 Å². The largest absolute Gasteiger partial charge is 0.355 e. The Kier molecular flexibility index (Phi) is 6.49. The minimum absolute atomic E-state index is 0.205. The number of benzene rings is 1. The van der Waals surface area contributed by atoms with E-state index in [9.17, 15) is 14.0 Å². The van der Waals surface area contributed by atoms with Gasteiger partial charge in [0.2, 0.25) is 5.91 Å². The summed E-state index contributed by atoms with van der Waals surface area (Å²) < 4.78 is 13.0. The Morgan fingerprint density at radius 1 is 1.23 bits per heavy atom. The maximum absolute atomic E-state index is 13.0. The molecule has 1 atom stereocenters. The van der Waals surface area contributed by atoms with Gasteiger partial charge < -0.3 is 16.4 Å². The summed E-state index contributed by atoms with van der Waals surface area (Å²) in [5.74, 6) is -0.989. The summed E-state index contributed by atoms with van der Waals surface area (Å²) in [5, 5.41) is 5.41. The number of amides is 2. The first-order valence-electron chi connectivity index (χ1n) is 7.29. The summed E-state index contributed by atoms with van der Waals surface area (Å²) >= 11 is 0. The summed E-state index contributed by atoms with van der Waals surface area (Å²) in [7, 11) is 0. The molecular formula is C16H24FN3O2. The second kappa shape index (κ2) is 7.89. The van der Waals surface area contributed by atoms with Crippen molar-refractivity contribution in [3.8, 4) is 0 Å². The van der Waals surface area contributed by atoms with Crippen LogP contribution >= 0.6 is 0 Å². The van der Waals surface area contributed by atoms with E-state index in [-0.39, 0.29) is 22.8 Å². The Morgan fingerprint density at radius 3 is 2.45 bits per heavy atom. The maximum atomic E-state index is 13.0. The van der Waals surface area contributed by atoms with Crippen molar-refractivity contribution in [1.29, 1.82) is 0 Å². The zero-order chi connectivity index (χ0) is 16.8. The van der Waals surface area contributed by atoms with Gasteiger partial charge in [-0.3, -0.25) is 9.59 Å². The molecule has 0 saturated carbocycles. The number of hydrogen-bond acceptors (Lipinski definition) is 3. The molecule has 0 aliphatic rings. The second-order valence-corrected chi connectivity index (χ2v) is 6.25. The Morgan fingerprint density at radius 2 is 1.86 bits per heavy atom.